The van der Waals surface area contributed by atoms with Crippen LogP contribution < -0.4 is 26.8 Å². The highest BCUT2D eigenvalue weighted by molar-refractivity contribution is 8.77. The number of hydrogen-bond acceptors (Lipinski definition) is 11. The van der Waals surface area contributed by atoms with Crippen molar-refractivity contribution in [2.24, 2.45) is 0 Å². The number of carbonyl (C=O) groups is 1. The van der Waals surface area contributed by atoms with Crippen LogP contribution in [0.5, 0.6) is 0 Å². The summed E-state index contributed by atoms with van der Waals surface area (Å²) in [5.41, 5.74) is 10.4. The van der Waals surface area contributed by atoms with Gasteiger partial charge in [0.25, 0.3) is 0 Å². The summed E-state index contributed by atoms with van der Waals surface area (Å²) in [6.07, 6.45) is 3.59. The second-order valence-electron chi connectivity index (χ2n) is 10.6. The number of carbonyl (C=O) groups excluding carboxylic acids is 2. The van der Waals surface area contributed by atoms with Crippen LogP contribution in [0.4, 0.5) is 22.7 Å². The smallest absolute Gasteiger partial charge is 0.244 e. The number of rotatable bonds is 17. The lowest BCUT2D eigenvalue weighted by atomic mass is 10.2. The van der Waals surface area contributed by atoms with E-state index in [1.165, 1.54) is 0 Å². The molecule has 1 saturated heterocycles. The molecular formula is C34H37N6O2S4. The van der Waals surface area contributed by atoms with Crippen molar-refractivity contribution in [3.05, 3.63) is 97.1 Å². The highest BCUT2D eigenvalue weighted by Gasteiger charge is 2.28. The maximum absolute atomic E-state index is 12.1. The predicted molar refractivity (Wildman–Crippen MR) is 198 cm³/mol. The quantitative estimate of drug-likeness (QED) is 0.0554. The average Bonchev–Trinajstić information content (AvgIpc) is 3.41. The first-order valence-electron chi connectivity index (χ1n) is 14.9. The number of benzene rings is 4. The molecule has 1 amide bonds. The van der Waals surface area contributed by atoms with Crippen molar-refractivity contribution in [1.82, 2.24) is 10.2 Å². The third-order valence-corrected chi connectivity index (χ3v) is 12.0. The Balaban J connectivity index is 1.01. The fourth-order valence-corrected chi connectivity index (χ4v) is 8.41. The molecule has 5 rings (SSSR count). The lowest BCUT2D eigenvalue weighted by molar-refractivity contribution is -0.127. The number of anilines is 4. The van der Waals surface area contributed by atoms with Crippen LogP contribution in [0.2, 0.25) is 0 Å². The maximum atomic E-state index is 12.1. The van der Waals surface area contributed by atoms with Crippen LogP contribution in [0, 0.1) is 0 Å². The summed E-state index contributed by atoms with van der Waals surface area (Å²) in [7, 11) is 10.5. The van der Waals surface area contributed by atoms with Crippen molar-refractivity contribution in [3.8, 4) is 0 Å². The molecule has 0 saturated carbocycles. The van der Waals surface area contributed by atoms with Crippen LogP contribution in [-0.4, -0.2) is 56.4 Å². The lowest BCUT2D eigenvalue weighted by Crippen LogP contribution is -2.30. The Morgan fingerprint density at radius 3 is 1.54 bits per heavy atom. The lowest BCUT2D eigenvalue weighted by Gasteiger charge is -2.13. The molecule has 0 spiro atoms. The predicted octanol–water partition coefficient (Wildman–Crippen LogP) is 7.87. The Morgan fingerprint density at radius 1 is 0.717 bits per heavy atom. The van der Waals surface area contributed by atoms with E-state index in [1.807, 2.05) is 38.4 Å². The number of likely N-dealkylation sites (N-methyl/N-ethyl adjacent to an activating group) is 1. The first-order chi connectivity index (χ1) is 22.5. The summed E-state index contributed by atoms with van der Waals surface area (Å²) >= 11 is 0. The van der Waals surface area contributed by atoms with Gasteiger partial charge >= 0.3 is 0 Å². The fourth-order valence-electron chi connectivity index (χ4n) is 4.55. The highest BCUT2D eigenvalue weighted by atomic mass is 33.1. The second-order valence-corrected chi connectivity index (χ2v) is 15.2. The van der Waals surface area contributed by atoms with Gasteiger partial charge in [-0.05, 0) is 123 Å². The number of nitrogens with zero attached hydrogens (tertiary/aromatic N) is 1. The molecule has 0 bridgehead atoms. The van der Waals surface area contributed by atoms with Crippen molar-refractivity contribution < 1.29 is 9.59 Å². The molecule has 1 radical (unpaired) electrons. The minimum atomic E-state index is -0.317. The summed E-state index contributed by atoms with van der Waals surface area (Å²) in [4.78, 5) is 29.7. The third kappa shape index (κ3) is 10.3. The number of likely N-dealkylation sites (tertiary alicyclic amines) is 1. The van der Waals surface area contributed by atoms with Gasteiger partial charge in [-0.3, -0.25) is 9.59 Å². The van der Waals surface area contributed by atoms with Gasteiger partial charge in [0.1, 0.15) is 6.04 Å². The summed E-state index contributed by atoms with van der Waals surface area (Å²) in [5.74, 6) is 0.156. The van der Waals surface area contributed by atoms with Crippen molar-refractivity contribution >= 4 is 78.1 Å². The van der Waals surface area contributed by atoms with Crippen LogP contribution in [0.25, 0.3) is 0 Å². The molecule has 1 fully saturated rings. The van der Waals surface area contributed by atoms with E-state index < -0.39 is 0 Å². The van der Waals surface area contributed by atoms with E-state index in [2.05, 4.69) is 106 Å². The normalized spacial score (nSPS) is 15.0. The van der Waals surface area contributed by atoms with Crippen molar-refractivity contribution in [2.75, 3.05) is 48.7 Å². The minimum Gasteiger partial charge on any atom is -0.375 e. The van der Waals surface area contributed by atoms with Crippen molar-refractivity contribution in [3.63, 3.8) is 0 Å². The Morgan fingerprint density at radius 2 is 1.15 bits per heavy atom. The molecule has 5 N–H and O–H groups in total. The maximum Gasteiger partial charge on any atom is 0.244 e. The van der Waals surface area contributed by atoms with Crippen LogP contribution in [0.3, 0.4) is 0 Å². The molecule has 46 heavy (non-hydrogen) atoms. The van der Waals surface area contributed by atoms with Gasteiger partial charge < -0.3 is 31.7 Å². The van der Waals surface area contributed by atoms with Gasteiger partial charge in [0.15, 0.2) is 0 Å². The number of hydrogen-bond donors (Lipinski definition) is 5. The van der Waals surface area contributed by atoms with Gasteiger partial charge in [-0.1, -0.05) is 43.2 Å². The van der Waals surface area contributed by atoms with Gasteiger partial charge in [-0.25, -0.2) is 0 Å². The molecule has 2 unspecified atom stereocenters. The van der Waals surface area contributed by atoms with Gasteiger partial charge in [-0.15, -0.1) is 0 Å². The SMILES string of the molecule is CNCCC([C]=O)Nc1ccc(SSc2ccc(NNc3ccc(SSc4ccc(NC5CCN(C)C5=O)cc4)cc3)cc2)cc1. The zero-order valence-electron chi connectivity index (χ0n) is 25.6. The van der Waals surface area contributed by atoms with E-state index in [1.54, 1.807) is 48.1 Å². The van der Waals surface area contributed by atoms with Gasteiger partial charge in [0.2, 0.25) is 12.2 Å². The zero-order valence-corrected chi connectivity index (χ0v) is 28.9. The molecular weight excluding hydrogens is 653 g/mol. The van der Waals surface area contributed by atoms with Crippen molar-refractivity contribution in [1.29, 1.82) is 0 Å². The van der Waals surface area contributed by atoms with Crippen LogP contribution >= 0.6 is 43.2 Å². The van der Waals surface area contributed by atoms with E-state index in [-0.39, 0.29) is 18.0 Å². The van der Waals surface area contributed by atoms with Crippen LogP contribution in [0.15, 0.2) is 117 Å². The average molecular weight is 690 g/mol. The van der Waals surface area contributed by atoms with Crippen LogP contribution in [-0.2, 0) is 9.59 Å². The molecule has 8 nitrogen and oxygen atoms in total. The summed E-state index contributed by atoms with van der Waals surface area (Å²) in [6, 6.07) is 32.5. The first kappa shape index (κ1) is 33.9. The third-order valence-electron chi connectivity index (χ3n) is 7.17. The molecule has 1 heterocycles. The van der Waals surface area contributed by atoms with E-state index in [4.69, 9.17) is 0 Å². The molecule has 12 heteroatoms. The van der Waals surface area contributed by atoms with E-state index in [0.29, 0.717) is 6.42 Å². The zero-order chi connectivity index (χ0) is 32.1. The Labute approximate surface area is 286 Å². The summed E-state index contributed by atoms with van der Waals surface area (Å²) in [5, 5.41) is 9.62. The van der Waals surface area contributed by atoms with E-state index >= 15 is 0 Å². The molecule has 0 aromatic heterocycles. The number of hydrazine groups is 1. The molecule has 1 aliphatic rings. The Kier molecular flexibility index (Phi) is 12.9. The standard InChI is InChI=1S/C34H37N6O2S4/c1-35-21-19-28(23-41)36-24-3-11-29(12-4-24)43-45-31-15-7-26(8-16-31)38-39-27-9-17-32(18-10-27)46-44-30-13-5-25(6-14-30)37-33-20-22-40(2)34(33)42/h3-18,28,33,35-39H,19-22H2,1-2H3. The van der Waals surface area contributed by atoms with Gasteiger partial charge in [0.05, 0.1) is 17.4 Å². The van der Waals surface area contributed by atoms with Crippen molar-refractivity contribution in [2.45, 2.75) is 44.5 Å². The summed E-state index contributed by atoms with van der Waals surface area (Å²) in [6.45, 7) is 1.56. The molecule has 2 atom stereocenters. The first-order valence-corrected chi connectivity index (χ1v) is 19.2. The van der Waals surface area contributed by atoms with Gasteiger partial charge in [0, 0.05) is 44.5 Å². The highest BCUT2D eigenvalue weighted by Crippen LogP contribution is 2.39. The minimum absolute atomic E-state index is 0.127. The molecule has 1 aliphatic heterocycles. The molecule has 4 aromatic carbocycles. The van der Waals surface area contributed by atoms with E-state index in [9.17, 15) is 9.59 Å². The monoisotopic (exact) mass is 689 g/mol. The topological polar surface area (TPSA) is 97.5 Å². The van der Waals surface area contributed by atoms with Crippen LogP contribution in [0.1, 0.15) is 12.8 Å². The Bertz CT molecular complexity index is 1540. The number of nitrogens with one attached hydrogen (secondary N) is 5. The number of amides is 1. The largest absolute Gasteiger partial charge is 0.375 e. The molecule has 4 aromatic rings. The fraction of sp³-hybridized carbons (Fsp3) is 0.235. The molecule has 0 aliphatic carbocycles. The summed E-state index contributed by atoms with van der Waals surface area (Å²) < 4.78 is 0. The molecule has 239 valence electrons. The van der Waals surface area contributed by atoms with E-state index in [0.717, 1.165) is 61.8 Å². The van der Waals surface area contributed by atoms with Gasteiger partial charge in [-0.2, -0.15) is 0 Å². The second kappa shape index (κ2) is 17.5. The Hall–Kier alpha value is -3.42.